The van der Waals surface area contributed by atoms with Crippen molar-refractivity contribution in [2.24, 2.45) is 0 Å². The summed E-state index contributed by atoms with van der Waals surface area (Å²) in [5.74, 6) is 0.00722. The molecular formula is C46H49N7O6. The highest BCUT2D eigenvalue weighted by atomic mass is 16.6. The summed E-state index contributed by atoms with van der Waals surface area (Å²) in [6.45, 7) is 6.95. The number of likely N-dealkylation sites (tertiary alicyclic amines) is 1. The average molecular weight is 796 g/mol. The van der Waals surface area contributed by atoms with E-state index in [1.807, 2.05) is 91.9 Å². The number of rotatable bonds is 14. The number of ether oxygens (including phenoxy) is 2. The highest BCUT2D eigenvalue weighted by Crippen LogP contribution is 2.30. The van der Waals surface area contributed by atoms with Crippen molar-refractivity contribution < 1.29 is 28.7 Å². The molecule has 59 heavy (non-hydrogen) atoms. The molecule has 4 aromatic carbocycles. The summed E-state index contributed by atoms with van der Waals surface area (Å²) in [4.78, 5) is 67.7. The van der Waals surface area contributed by atoms with Gasteiger partial charge in [-0.05, 0) is 79.6 Å². The van der Waals surface area contributed by atoms with Gasteiger partial charge in [-0.3, -0.25) is 9.59 Å². The van der Waals surface area contributed by atoms with Crippen LogP contribution >= 0.6 is 0 Å². The number of imidazole rings is 1. The Hall–Kier alpha value is -6.89. The normalized spacial score (nSPS) is 14.2. The summed E-state index contributed by atoms with van der Waals surface area (Å²) in [5.41, 5.74) is 6.72. The van der Waals surface area contributed by atoms with E-state index in [2.05, 4.69) is 25.6 Å². The number of nitrogens with one attached hydrogen (secondary N) is 4. The van der Waals surface area contributed by atoms with E-state index in [1.54, 1.807) is 54.1 Å². The Kier molecular flexibility index (Phi) is 12.7. The van der Waals surface area contributed by atoms with E-state index in [9.17, 15) is 19.2 Å². The zero-order valence-corrected chi connectivity index (χ0v) is 33.4. The van der Waals surface area contributed by atoms with Crippen LogP contribution in [-0.2, 0) is 32.2 Å². The highest BCUT2D eigenvalue weighted by Gasteiger charge is 2.38. The number of H-pyrrole nitrogens is 2. The number of aromatic amines is 2. The van der Waals surface area contributed by atoms with Gasteiger partial charge in [0.2, 0.25) is 5.91 Å². The fraction of sp³-hybridized carbons (Fsp3) is 0.283. The molecule has 4 N–H and O–H groups in total. The first-order chi connectivity index (χ1) is 28.6. The molecule has 1 fully saturated rings. The van der Waals surface area contributed by atoms with Crippen LogP contribution in [-0.4, -0.2) is 74.0 Å². The number of carbonyl (C=O) groups excluding carboxylic acids is 4. The molecule has 0 bridgehead atoms. The number of hydrogen-bond acceptors (Lipinski definition) is 7. The standard InChI is InChI=1S/C46H49N7O6/c1-4-23-52(46(57)58-29-31-12-7-5-8-13-31)28-41-47-27-39(50-41)33-19-17-32(18-20-33)38-26-35-25-36(21-22-37(35)49-38)48-43(54)40-16-11-24-53(40)44(55)42(34-14-9-6-10-15-34)51-45(56)59-30(2)3/h5-10,12-15,17-22,25-27,30,40,42,49H,4,11,16,23-24,28-29H2,1-3H3,(H,47,50)(H,48,54)(H,51,56)/t40-,42+/m0/s1. The second-order valence-corrected chi connectivity index (χ2v) is 14.9. The van der Waals surface area contributed by atoms with Crippen molar-refractivity contribution in [3.8, 4) is 22.5 Å². The fourth-order valence-corrected chi connectivity index (χ4v) is 7.27. The number of alkyl carbamates (subject to hydrolysis) is 1. The minimum Gasteiger partial charge on any atom is -0.447 e. The van der Waals surface area contributed by atoms with Gasteiger partial charge in [0, 0.05) is 35.4 Å². The molecule has 13 heteroatoms. The fourth-order valence-electron chi connectivity index (χ4n) is 7.27. The Morgan fingerprint density at radius 2 is 1.59 bits per heavy atom. The van der Waals surface area contributed by atoms with E-state index < -0.39 is 18.2 Å². The number of aromatic nitrogens is 3. The quantitative estimate of drug-likeness (QED) is 0.0859. The van der Waals surface area contributed by atoms with E-state index in [4.69, 9.17) is 9.47 Å². The van der Waals surface area contributed by atoms with Crippen LogP contribution in [0.1, 0.15) is 63.0 Å². The molecule has 304 valence electrons. The molecule has 1 aliphatic heterocycles. The molecule has 0 radical (unpaired) electrons. The monoisotopic (exact) mass is 795 g/mol. The van der Waals surface area contributed by atoms with Crippen molar-refractivity contribution >= 4 is 40.6 Å². The molecule has 3 heterocycles. The van der Waals surface area contributed by atoms with Crippen molar-refractivity contribution in [1.29, 1.82) is 0 Å². The topological polar surface area (TPSA) is 162 Å². The molecule has 6 aromatic rings. The van der Waals surface area contributed by atoms with Gasteiger partial charge in [0.05, 0.1) is 24.5 Å². The Morgan fingerprint density at radius 3 is 2.31 bits per heavy atom. The Bertz CT molecular complexity index is 2380. The van der Waals surface area contributed by atoms with Gasteiger partial charge in [-0.2, -0.15) is 0 Å². The minimum absolute atomic E-state index is 0.210. The predicted molar refractivity (Wildman–Crippen MR) is 226 cm³/mol. The van der Waals surface area contributed by atoms with Gasteiger partial charge in [-0.25, -0.2) is 14.6 Å². The van der Waals surface area contributed by atoms with E-state index >= 15 is 0 Å². The first-order valence-corrected chi connectivity index (χ1v) is 20.0. The van der Waals surface area contributed by atoms with Gasteiger partial charge in [0.15, 0.2) is 0 Å². The van der Waals surface area contributed by atoms with E-state index in [1.165, 1.54) is 0 Å². The van der Waals surface area contributed by atoms with Gasteiger partial charge >= 0.3 is 12.2 Å². The zero-order chi connectivity index (χ0) is 41.3. The third kappa shape index (κ3) is 9.98. The second-order valence-electron chi connectivity index (χ2n) is 14.9. The predicted octanol–water partition coefficient (Wildman–Crippen LogP) is 8.58. The number of fused-ring (bicyclic) bond motifs is 1. The lowest BCUT2D eigenvalue weighted by molar-refractivity contribution is -0.138. The van der Waals surface area contributed by atoms with Crippen LogP contribution in [0, 0.1) is 0 Å². The number of amides is 4. The van der Waals surface area contributed by atoms with Crippen LogP contribution in [0.4, 0.5) is 15.3 Å². The number of anilines is 1. The van der Waals surface area contributed by atoms with Crippen LogP contribution in [0.2, 0.25) is 0 Å². The maximum Gasteiger partial charge on any atom is 0.410 e. The van der Waals surface area contributed by atoms with Crippen LogP contribution < -0.4 is 10.6 Å². The number of hydrogen-bond donors (Lipinski definition) is 4. The van der Waals surface area contributed by atoms with Crippen LogP contribution in [0.5, 0.6) is 0 Å². The molecule has 1 aliphatic rings. The second kappa shape index (κ2) is 18.6. The van der Waals surface area contributed by atoms with E-state index in [0.717, 1.165) is 45.4 Å². The Morgan fingerprint density at radius 1 is 0.881 bits per heavy atom. The lowest BCUT2D eigenvalue weighted by Gasteiger charge is -2.29. The minimum atomic E-state index is -0.999. The van der Waals surface area contributed by atoms with E-state index in [0.29, 0.717) is 49.6 Å². The van der Waals surface area contributed by atoms with Crippen molar-refractivity contribution in [3.05, 3.63) is 132 Å². The summed E-state index contributed by atoms with van der Waals surface area (Å²) in [5, 5.41) is 6.65. The molecule has 2 aromatic heterocycles. The molecule has 4 amide bonds. The zero-order valence-electron chi connectivity index (χ0n) is 33.4. The van der Waals surface area contributed by atoms with Gasteiger partial charge in [-0.1, -0.05) is 91.9 Å². The molecule has 2 atom stereocenters. The SMILES string of the molecule is CCCN(Cc1ncc(-c2ccc(-c3cc4cc(NC(=O)[C@@H]5CCCN5C(=O)[C@H](NC(=O)OC(C)C)c5ccccc5)ccc4[nH]3)cc2)[nH]1)C(=O)OCc1ccccc1. The lowest BCUT2D eigenvalue weighted by atomic mass is 10.0. The van der Waals surface area contributed by atoms with Gasteiger partial charge in [0.1, 0.15) is 24.5 Å². The van der Waals surface area contributed by atoms with Crippen molar-refractivity contribution in [1.82, 2.24) is 30.1 Å². The van der Waals surface area contributed by atoms with E-state index in [-0.39, 0.29) is 30.6 Å². The maximum atomic E-state index is 13.9. The Labute approximate surface area is 343 Å². The van der Waals surface area contributed by atoms with Crippen molar-refractivity contribution in [3.63, 3.8) is 0 Å². The third-order valence-electron chi connectivity index (χ3n) is 10.1. The molecule has 0 unspecified atom stereocenters. The maximum absolute atomic E-state index is 13.9. The van der Waals surface area contributed by atoms with Crippen LogP contribution in [0.25, 0.3) is 33.4 Å². The lowest BCUT2D eigenvalue weighted by Crippen LogP contribution is -2.48. The summed E-state index contributed by atoms with van der Waals surface area (Å²) in [6, 6.07) is 32.7. The molecule has 13 nitrogen and oxygen atoms in total. The van der Waals surface area contributed by atoms with Crippen molar-refractivity contribution in [2.75, 3.05) is 18.4 Å². The molecular weight excluding hydrogens is 747 g/mol. The Balaban J connectivity index is 0.984. The summed E-state index contributed by atoms with van der Waals surface area (Å²) < 4.78 is 10.9. The largest absolute Gasteiger partial charge is 0.447 e. The van der Waals surface area contributed by atoms with Gasteiger partial charge in [-0.15, -0.1) is 0 Å². The molecule has 1 saturated heterocycles. The number of benzene rings is 4. The number of carbonyl (C=O) groups is 4. The van der Waals surface area contributed by atoms with Crippen LogP contribution in [0.15, 0.2) is 115 Å². The van der Waals surface area contributed by atoms with Crippen LogP contribution in [0.3, 0.4) is 0 Å². The summed E-state index contributed by atoms with van der Waals surface area (Å²) in [6.07, 6.45) is 2.28. The molecule has 0 spiro atoms. The first-order valence-electron chi connectivity index (χ1n) is 20.0. The molecule has 0 aliphatic carbocycles. The average Bonchev–Trinajstić information content (AvgIpc) is 4.03. The van der Waals surface area contributed by atoms with Crippen molar-refractivity contribution in [2.45, 2.75) is 71.4 Å². The van der Waals surface area contributed by atoms with Gasteiger partial charge < -0.3 is 39.9 Å². The van der Waals surface area contributed by atoms with Gasteiger partial charge in [0.25, 0.3) is 5.91 Å². The number of nitrogens with zero attached hydrogens (tertiary/aromatic N) is 3. The summed E-state index contributed by atoms with van der Waals surface area (Å²) in [7, 11) is 0. The smallest absolute Gasteiger partial charge is 0.410 e. The first kappa shape index (κ1) is 40.3. The highest BCUT2D eigenvalue weighted by molar-refractivity contribution is 6.00. The summed E-state index contributed by atoms with van der Waals surface area (Å²) >= 11 is 0. The molecule has 0 saturated carbocycles. The third-order valence-corrected chi connectivity index (χ3v) is 10.1. The molecule has 7 rings (SSSR count).